The van der Waals surface area contributed by atoms with Gasteiger partial charge in [-0.3, -0.25) is 0 Å². The van der Waals surface area contributed by atoms with Crippen LogP contribution in [0.5, 0.6) is 0 Å². The monoisotopic (exact) mass is 333 g/mol. The number of sulfonamides is 1. The molecule has 0 saturated carbocycles. The van der Waals surface area contributed by atoms with Gasteiger partial charge in [-0.25, -0.2) is 13.1 Å². The molecule has 1 aromatic rings. The van der Waals surface area contributed by atoms with Gasteiger partial charge < -0.3 is 4.90 Å². The summed E-state index contributed by atoms with van der Waals surface area (Å²) in [6.07, 6.45) is 2.62. The number of benzene rings is 1. The van der Waals surface area contributed by atoms with Gasteiger partial charge in [0.15, 0.2) is 6.19 Å². The predicted octanol–water partition coefficient (Wildman–Crippen LogP) is 2.22. The van der Waals surface area contributed by atoms with Crippen LogP contribution in [0.25, 0.3) is 0 Å². The lowest BCUT2D eigenvalue weighted by Crippen LogP contribution is -2.36. The van der Waals surface area contributed by atoms with Crippen LogP contribution in [0.3, 0.4) is 0 Å². The van der Waals surface area contributed by atoms with Crippen LogP contribution in [0, 0.1) is 11.5 Å². The quantitative estimate of drug-likeness (QED) is 0.860. The summed E-state index contributed by atoms with van der Waals surface area (Å²) in [6.45, 7) is 2.24. The first kappa shape index (κ1) is 15.4. The van der Waals surface area contributed by atoms with E-state index in [9.17, 15) is 8.42 Å². The van der Waals surface area contributed by atoms with E-state index in [0.29, 0.717) is 18.0 Å². The van der Waals surface area contributed by atoms with Crippen LogP contribution < -0.4 is 4.72 Å². The van der Waals surface area contributed by atoms with E-state index in [0.717, 1.165) is 0 Å². The number of halogens is 2. The molecule has 108 valence electrons. The molecule has 0 unspecified atom stereocenters. The van der Waals surface area contributed by atoms with Crippen molar-refractivity contribution < 1.29 is 8.42 Å². The third kappa shape index (κ3) is 3.18. The van der Waals surface area contributed by atoms with Gasteiger partial charge >= 0.3 is 0 Å². The Kier molecular flexibility index (Phi) is 4.45. The first-order valence-electron chi connectivity index (χ1n) is 5.97. The summed E-state index contributed by atoms with van der Waals surface area (Å²) >= 11 is 11.7. The number of nitrogens with one attached hydrogen (secondary N) is 1. The standard InChI is InChI=1S/C12H13Cl2N3O2S/c1-8-4-10(6-17(8)7-15)16-20(18,19)12-5-9(13)2-3-11(12)14/h2-3,5,8,10,16H,4,6H2,1H3/t8-,10-/m1/s1. The van der Waals surface area contributed by atoms with Crippen molar-refractivity contribution in [2.45, 2.75) is 30.3 Å². The van der Waals surface area contributed by atoms with E-state index < -0.39 is 10.0 Å². The lowest BCUT2D eigenvalue weighted by atomic mass is 10.2. The third-order valence-electron chi connectivity index (χ3n) is 3.21. The van der Waals surface area contributed by atoms with Crippen LogP contribution in [-0.4, -0.2) is 31.9 Å². The van der Waals surface area contributed by atoms with E-state index in [2.05, 4.69) is 4.72 Å². The Morgan fingerprint density at radius 3 is 2.75 bits per heavy atom. The fourth-order valence-corrected chi connectivity index (χ4v) is 4.22. The molecule has 8 heteroatoms. The van der Waals surface area contributed by atoms with Crippen LogP contribution in [0.4, 0.5) is 0 Å². The molecule has 1 saturated heterocycles. The number of likely N-dealkylation sites (tertiary alicyclic amines) is 1. The van der Waals surface area contributed by atoms with Gasteiger partial charge in [-0.05, 0) is 31.5 Å². The van der Waals surface area contributed by atoms with Gasteiger partial charge in [0, 0.05) is 23.7 Å². The van der Waals surface area contributed by atoms with Crippen molar-refractivity contribution in [2.24, 2.45) is 0 Å². The van der Waals surface area contributed by atoms with Crippen molar-refractivity contribution in [3.05, 3.63) is 28.2 Å². The van der Waals surface area contributed by atoms with E-state index in [1.54, 1.807) is 4.90 Å². The lowest BCUT2D eigenvalue weighted by molar-refractivity contribution is 0.386. The fraction of sp³-hybridized carbons (Fsp3) is 0.417. The van der Waals surface area contributed by atoms with Gasteiger partial charge in [0.1, 0.15) is 4.90 Å². The zero-order chi connectivity index (χ0) is 14.9. The first-order valence-corrected chi connectivity index (χ1v) is 8.21. The molecule has 2 rings (SSSR count). The van der Waals surface area contributed by atoms with Gasteiger partial charge in [-0.2, -0.15) is 5.26 Å². The van der Waals surface area contributed by atoms with Gasteiger partial charge in [0.05, 0.1) is 5.02 Å². The molecule has 0 aliphatic carbocycles. The Morgan fingerprint density at radius 1 is 1.45 bits per heavy atom. The molecular weight excluding hydrogens is 321 g/mol. The van der Waals surface area contributed by atoms with Gasteiger partial charge in [0.2, 0.25) is 10.0 Å². The molecule has 1 aliphatic rings. The van der Waals surface area contributed by atoms with E-state index in [1.165, 1.54) is 18.2 Å². The van der Waals surface area contributed by atoms with Crippen molar-refractivity contribution in [1.29, 1.82) is 5.26 Å². The summed E-state index contributed by atoms with van der Waals surface area (Å²) < 4.78 is 27.2. The molecule has 1 N–H and O–H groups in total. The van der Waals surface area contributed by atoms with Crippen molar-refractivity contribution in [3.63, 3.8) is 0 Å². The maximum absolute atomic E-state index is 12.3. The maximum atomic E-state index is 12.3. The minimum atomic E-state index is -3.75. The van der Waals surface area contributed by atoms with E-state index in [1.807, 2.05) is 13.1 Å². The zero-order valence-corrected chi connectivity index (χ0v) is 13.0. The second-order valence-corrected chi connectivity index (χ2v) is 7.26. The second-order valence-electron chi connectivity index (χ2n) is 4.73. The Balaban J connectivity index is 2.21. The Morgan fingerprint density at radius 2 is 2.15 bits per heavy atom. The van der Waals surface area contributed by atoms with Crippen molar-refractivity contribution >= 4 is 33.2 Å². The minimum absolute atomic E-state index is 0.0162. The fourth-order valence-electron chi connectivity index (χ4n) is 2.22. The number of hydrogen-bond donors (Lipinski definition) is 1. The molecule has 0 bridgehead atoms. The first-order chi connectivity index (χ1) is 9.33. The molecule has 0 amide bonds. The molecule has 5 nitrogen and oxygen atoms in total. The third-order valence-corrected chi connectivity index (χ3v) is 5.44. The average Bonchev–Trinajstić information content (AvgIpc) is 2.71. The van der Waals surface area contributed by atoms with E-state index >= 15 is 0 Å². The summed E-state index contributed by atoms with van der Waals surface area (Å²) in [5.41, 5.74) is 0. The van der Waals surface area contributed by atoms with Gasteiger partial charge in [0.25, 0.3) is 0 Å². The number of rotatable bonds is 3. The summed E-state index contributed by atoms with van der Waals surface area (Å²) in [7, 11) is -3.75. The molecule has 1 fully saturated rings. The van der Waals surface area contributed by atoms with Crippen molar-refractivity contribution in [1.82, 2.24) is 9.62 Å². The van der Waals surface area contributed by atoms with Gasteiger partial charge in [-0.15, -0.1) is 0 Å². The summed E-state index contributed by atoms with van der Waals surface area (Å²) in [5, 5.41) is 9.33. The van der Waals surface area contributed by atoms with Gasteiger partial charge in [-0.1, -0.05) is 23.2 Å². The number of nitriles is 1. The Labute approximate surface area is 128 Å². The SMILES string of the molecule is C[C@@H]1C[C@@H](NS(=O)(=O)c2cc(Cl)ccc2Cl)CN1C#N. The highest BCUT2D eigenvalue weighted by Crippen LogP contribution is 2.26. The molecule has 2 atom stereocenters. The van der Waals surface area contributed by atoms with Crippen LogP contribution in [0.15, 0.2) is 23.1 Å². The highest BCUT2D eigenvalue weighted by Gasteiger charge is 2.32. The van der Waals surface area contributed by atoms with Crippen LogP contribution in [0.2, 0.25) is 10.0 Å². The second kappa shape index (κ2) is 5.78. The molecular formula is C12H13Cl2N3O2S. The minimum Gasteiger partial charge on any atom is -0.306 e. The zero-order valence-electron chi connectivity index (χ0n) is 10.7. The molecule has 1 aliphatic heterocycles. The van der Waals surface area contributed by atoms with Crippen LogP contribution in [-0.2, 0) is 10.0 Å². The predicted molar refractivity (Wildman–Crippen MR) is 77.0 cm³/mol. The number of hydrogen-bond acceptors (Lipinski definition) is 4. The molecule has 20 heavy (non-hydrogen) atoms. The Bertz CT molecular complexity index is 657. The largest absolute Gasteiger partial charge is 0.306 e. The summed E-state index contributed by atoms with van der Waals surface area (Å²) in [6, 6.07) is 3.98. The molecule has 0 aromatic heterocycles. The highest BCUT2D eigenvalue weighted by atomic mass is 35.5. The normalized spacial score (nSPS) is 22.8. The molecule has 0 radical (unpaired) electrons. The lowest BCUT2D eigenvalue weighted by Gasteiger charge is -2.14. The number of nitrogens with zero attached hydrogens (tertiary/aromatic N) is 2. The van der Waals surface area contributed by atoms with E-state index in [4.69, 9.17) is 28.5 Å². The van der Waals surface area contributed by atoms with Crippen molar-refractivity contribution in [3.8, 4) is 6.19 Å². The molecule has 1 aromatic carbocycles. The van der Waals surface area contributed by atoms with Crippen LogP contribution >= 0.6 is 23.2 Å². The molecule has 0 spiro atoms. The maximum Gasteiger partial charge on any atom is 0.242 e. The topological polar surface area (TPSA) is 73.2 Å². The molecule has 1 heterocycles. The van der Waals surface area contributed by atoms with E-state index in [-0.39, 0.29) is 22.0 Å². The van der Waals surface area contributed by atoms with Crippen molar-refractivity contribution in [2.75, 3.05) is 6.54 Å². The average molecular weight is 334 g/mol. The summed E-state index contributed by atoms with van der Waals surface area (Å²) in [5.74, 6) is 0. The Hall–Kier alpha value is -1.00. The highest BCUT2D eigenvalue weighted by molar-refractivity contribution is 7.89. The summed E-state index contributed by atoms with van der Waals surface area (Å²) in [4.78, 5) is 1.50. The van der Waals surface area contributed by atoms with Crippen LogP contribution in [0.1, 0.15) is 13.3 Å². The smallest absolute Gasteiger partial charge is 0.242 e.